The van der Waals surface area contributed by atoms with Crippen molar-refractivity contribution in [3.8, 4) is 0 Å². The van der Waals surface area contributed by atoms with E-state index in [-0.39, 0.29) is 17.8 Å². The molecular weight excluding hydrogens is 265 g/mol. The Morgan fingerprint density at radius 2 is 1.75 bits per heavy atom. The van der Waals surface area contributed by atoms with Gasteiger partial charge in [0.05, 0.1) is 5.56 Å². The van der Waals surface area contributed by atoms with Gasteiger partial charge in [0.2, 0.25) is 0 Å². The minimum atomic E-state index is -4.43. The van der Waals surface area contributed by atoms with Gasteiger partial charge in [0.15, 0.2) is 5.78 Å². The molecular formula is C16H13F3O. The average molecular weight is 278 g/mol. The van der Waals surface area contributed by atoms with Gasteiger partial charge in [0.1, 0.15) is 0 Å². The number of alkyl halides is 3. The fraction of sp³-hybridized carbons (Fsp3) is 0.188. The molecule has 20 heavy (non-hydrogen) atoms. The summed E-state index contributed by atoms with van der Waals surface area (Å²) in [6, 6.07) is 11.9. The highest BCUT2D eigenvalue weighted by molar-refractivity contribution is 5.97. The number of hydrogen-bond acceptors (Lipinski definition) is 1. The predicted octanol–water partition coefficient (Wildman–Crippen LogP) is 4.44. The van der Waals surface area contributed by atoms with Crippen LogP contribution >= 0.6 is 0 Å². The van der Waals surface area contributed by atoms with Crippen molar-refractivity contribution in [1.82, 2.24) is 0 Å². The maximum Gasteiger partial charge on any atom is 0.416 e. The molecule has 0 spiro atoms. The zero-order chi connectivity index (χ0) is 14.8. The molecule has 1 nitrogen and oxygen atoms in total. The van der Waals surface area contributed by atoms with Crippen LogP contribution in [0.4, 0.5) is 13.2 Å². The van der Waals surface area contributed by atoms with Gasteiger partial charge in [-0.1, -0.05) is 42.0 Å². The van der Waals surface area contributed by atoms with Crippen LogP contribution in [0.15, 0.2) is 48.5 Å². The van der Waals surface area contributed by atoms with Gasteiger partial charge in [-0.05, 0) is 24.6 Å². The highest BCUT2D eigenvalue weighted by Gasteiger charge is 2.30. The molecule has 0 aliphatic rings. The molecule has 0 bridgehead atoms. The second-order valence-electron chi connectivity index (χ2n) is 4.67. The summed E-state index contributed by atoms with van der Waals surface area (Å²) in [6.07, 6.45) is -4.33. The van der Waals surface area contributed by atoms with Crippen molar-refractivity contribution in [2.45, 2.75) is 19.5 Å². The molecule has 2 aromatic rings. The highest BCUT2D eigenvalue weighted by Crippen LogP contribution is 2.29. The summed E-state index contributed by atoms with van der Waals surface area (Å²) in [6.45, 7) is 1.90. The molecule has 0 saturated carbocycles. The summed E-state index contributed by atoms with van der Waals surface area (Å²) >= 11 is 0. The van der Waals surface area contributed by atoms with Crippen molar-refractivity contribution in [1.29, 1.82) is 0 Å². The number of aryl methyl sites for hydroxylation is 1. The monoisotopic (exact) mass is 278 g/mol. The van der Waals surface area contributed by atoms with Gasteiger partial charge in [-0.3, -0.25) is 4.79 Å². The van der Waals surface area contributed by atoms with Crippen LogP contribution < -0.4 is 0 Å². The fourth-order valence-electron chi connectivity index (χ4n) is 1.98. The van der Waals surface area contributed by atoms with Crippen molar-refractivity contribution < 1.29 is 18.0 Å². The van der Waals surface area contributed by atoms with E-state index in [0.717, 1.165) is 23.3 Å². The van der Waals surface area contributed by atoms with Crippen LogP contribution in [0.25, 0.3) is 0 Å². The van der Waals surface area contributed by atoms with Crippen molar-refractivity contribution in [2.24, 2.45) is 0 Å². The molecule has 0 atom stereocenters. The second-order valence-corrected chi connectivity index (χ2v) is 4.67. The largest absolute Gasteiger partial charge is 0.416 e. The maximum absolute atomic E-state index is 12.6. The Kier molecular flexibility index (Phi) is 3.93. The summed E-state index contributed by atoms with van der Waals surface area (Å²) in [4.78, 5) is 12.0. The van der Waals surface area contributed by atoms with Crippen molar-refractivity contribution in [3.05, 3.63) is 70.8 Å². The molecule has 0 saturated heterocycles. The maximum atomic E-state index is 12.6. The SMILES string of the molecule is Cc1cccc(CC(=O)c2cccc(C(F)(F)F)c2)c1. The zero-order valence-electron chi connectivity index (χ0n) is 10.9. The predicted molar refractivity (Wildman–Crippen MR) is 70.7 cm³/mol. The Labute approximate surface area is 115 Å². The third kappa shape index (κ3) is 3.47. The number of hydrogen-bond donors (Lipinski definition) is 0. The molecule has 0 radical (unpaired) electrons. The van der Waals surface area contributed by atoms with E-state index in [2.05, 4.69) is 0 Å². The highest BCUT2D eigenvalue weighted by atomic mass is 19.4. The fourth-order valence-corrected chi connectivity index (χ4v) is 1.98. The standard InChI is InChI=1S/C16H13F3O/c1-11-4-2-5-12(8-11)9-15(20)13-6-3-7-14(10-13)16(17,18)19/h2-8,10H,9H2,1H3. The molecule has 0 heterocycles. The Bertz CT molecular complexity index is 630. The van der Waals surface area contributed by atoms with E-state index in [1.165, 1.54) is 12.1 Å². The molecule has 0 unspecified atom stereocenters. The van der Waals surface area contributed by atoms with E-state index in [1.807, 2.05) is 25.1 Å². The van der Waals surface area contributed by atoms with Crippen LogP contribution in [0.5, 0.6) is 0 Å². The van der Waals surface area contributed by atoms with Gasteiger partial charge < -0.3 is 0 Å². The lowest BCUT2D eigenvalue weighted by molar-refractivity contribution is -0.137. The van der Waals surface area contributed by atoms with Crippen molar-refractivity contribution in [3.63, 3.8) is 0 Å². The molecule has 4 heteroatoms. The van der Waals surface area contributed by atoms with Crippen LogP contribution in [0.3, 0.4) is 0 Å². The third-order valence-electron chi connectivity index (χ3n) is 2.96. The van der Waals surface area contributed by atoms with Crippen LogP contribution in [0.1, 0.15) is 27.0 Å². The zero-order valence-corrected chi connectivity index (χ0v) is 10.9. The number of ketones is 1. The number of carbonyl (C=O) groups excluding carboxylic acids is 1. The van der Waals surface area contributed by atoms with E-state index < -0.39 is 11.7 Å². The van der Waals surface area contributed by atoms with Crippen LogP contribution in [-0.4, -0.2) is 5.78 Å². The first-order valence-corrected chi connectivity index (χ1v) is 6.12. The van der Waals surface area contributed by atoms with Crippen molar-refractivity contribution >= 4 is 5.78 Å². The van der Waals surface area contributed by atoms with E-state index in [1.54, 1.807) is 6.07 Å². The van der Waals surface area contributed by atoms with Gasteiger partial charge in [-0.15, -0.1) is 0 Å². The van der Waals surface area contributed by atoms with Gasteiger partial charge in [0, 0.05) is 12.0 Å². The molecule has 2 rings (SSSR count). The van der Waals surface area contributed by atoms with Gasteiger partial charge in [-0.2, -0.15) is 13.2 Å². The second kappa shape index (κ2) is 5.49. The normalized spacial score (nSPS) is 11.4. The Morgan fingerprint density at radius 1 is 1.05 bits per heavy atom. The molecule has 0 fully saturated rings. The third-order valence-corrected chi connectivity index (χ3v) is 2.96. The summed E-state index contributed by atoms with van der Waals surface area (Å²) in [7, 11) is 0. The van der Waals surface area contributed by atoms with Crippen LogP contribution in [0.2, 0.25) is 0 Å². The van der Waals surface area contributed by atoms with Gasteiger partial charge >= 0.3 is 6.18 Å². The number of Topliss-reactive ketones (excluding diaryl/α,β-unsaturated/α-hetero) is 1. The average Bonchev–Trinajstić information content (AvgIpc) is 2.38. The molecule has 0 aromatic heterocycles. The summed E-state index contributed by atoms with van der Waals surface area (Å²) in [5.74, 6) is -0.318. The van der Waals surface area contributed by atoms with E-state index in [4.69, 9.17) is 0 Å². The molecule has 0 N–H and O–H groups in total. The number of benzene rings is 2. The lowest BCUT2D eigenvalue weighted by atomic mass is 10.00. The molecule has 2 aromatic carbocycles. The smallest absolute Gasteiger partial charge is 0.294 e. The molecule has 0 amide bonds. The summed E-state index contributed by atoms with van der Waals surface area (Å²) in [5, 5.41) is 0. The molecule has 0 aliphatic carbocycles. The first-order chi connectivity index (χ1) is 9.36. The van der Waals surface area contributed by atoms with E-state index >= 15 is 0 Å². The summed E-state index contributed by atoms with van der Waals surface area (Å²) < 4.78 is 37.8. The number of rotatable bonds is 3. The summed E-state index contributed by atoms with van der Waals surface area (Å²) in [5.41, 5.74) is 1.10. The molecule has 104 valence electrons. The number of halogens is 3. The topological polar surface area (TPSA) is 17.1 Å². The first-order valence-electron chi connectivity index (χ1n) is 6.12. The van der Waals surface area contributed by atoms with Crippen LogP contribution in [0, 0.1) is 6.92 Å². The van der Waals surface area contributed by atoms with Gasteiger partial charge in [-0.25, -0.2) is 0 Å². The molecule has 0 aliphatic heterocycles. The van der Waals surface area contributed by atoms with E-state index in [0.29, 0.717) is 0 Å². The lowest BCUT2D eigenvalue weighted by Gasteiger charge is -2.08. The lowest BCUT2D eigenvalue weighted by Crippen LogP contribution is -2.09. The first kappa shape index (κ1) is 14.3. The van der Waals surface area contributed by atoms with Crippen LogP contribution in [-0.2, 0) is 12.6 Å². The Morgan fingerprint density at radius 3 is 2.40 bits per heavy atom. The van der Waals surface area contributed by atoms with Crippen molar-refractivity contribution in [2.75, 3.05) is 0 Å². The number of carbonyl (C=O) groups is 1. The van der Waals surface area contributed by atoms with E-state index in [9.17, 15) is 18.0 Å². The Hall–Kier alpha value is -2.10. The minimum Gasteiger partial charge on any atom is -0.294 e. The minimum absolute atomic E-state index is 0.0846. The quantitative estimate of drug-likeness (QED) is 0.759. The van der Waals surface area contributed by atoms with Gasteiger partial charge in [0.25, 0.3) is 0 Å². The Balaban J connectivity index is 2.22.